The summed E-state index contributed by atoms with van der Waals surface area (Å²) in [6, 6.07) is 1.68. The van der Waals surface area contributed by atoms with Crippen molar-refractivity contribution >= 4 is 58.3 Å². The summed E-state index contributed by atoms with van der Waals surface area (Å²) in [5.41, 5.74) is 3.94. The predicted octanol–water partition coefficient (Wildman–Crippen LogP) is 2.62. The monoisotopic (exact) mass is 374 g/mol. The summed E-state index contributed by atoms with van der Waals surface area (Å²) in [4.78, 5) is 19.9. The number of benzene rings is 1. The highest BCUT2D eigenvalue weighted by atomic mass is 35.5. The number of alkyl halides is 1. The second-order valence-electron chi connectivity index (χ2n) is 3.43. The van der Waals surface area contributed by atoms with Gasteiger partial charge >= 0.3 is 0 Å². The molecule has 1 aromatic carbocycles. The van der Waals surface area contributed by atoms with Gasteiger partial charge in [-0.1, -0.05) is 12.6 Å². The number of carbonyl (C=O) groups is 2. The standard InChI is InChI=1S/C10H7ClF3NO2S.CH3NOS/c11-3-5(16)4-17-10(18)15-7-2-1-6(12)8(13)9(7)14;2-1(3)4/h1-2H,3-4H2,(H,15,18);(H3,2,3,4). The van der Waals surface area contributed by atoms with Gasteiger partial charge in [0, 0.05) is 0 Å². The van der Waals surface area contributed by atoms with Crippen LogP contribution in [0.2, 0.25) is 0 Å². The Hall–Kier alpha value is -1.52. The summed E-state index contributed by atoms with van der Waals surface area (Å²) in [7, 11) is 0. The average molecular weight is 375 g/mol. The third-order valence-electron chi connectivity index (χ3n) is 1.79. The third-order valence-corrected chi connectivity index (χ3v) is 2.30. The number of anilines is 1. The Bertz CT molecular complexity index is 572. The van der Waals surface area contributed by atoms with Gasteiger partial charge in [0.1, 0.15) is 0 Å². The van der Waals surface area contributed by atoms with E-state index in [9.17, 15) is 18.0 Å². The second-order valence-corrected chi connectivity index (χ2v) is 4.51. The predicted molar refractivity (Wildman–Crippen MR) is 82.8 cm³/mol. The highest BCUT2D eigenvalue weighted by Crippen LogP contribution is 2.19. The zero-order chi connectivity index (χ0) is 17.3. The lowest BCUT2D eigenvalue weighted by Gasteiger charge is -2.09. The molecule has 0 aliphatic carbocycles. The van der Waals surface area contributed by atoms with Gasteiger partial charge in [-0.25, -0.2) is 13.2 Å². The maximum absolute atomic E-state index is 13.2. The van der Waals surface area contributed by atoms with E-state index in [-0.39, 0.29) is 17.7 Å². The number of nitrogens with one attached hydrogen (secondary N) is 1. The maximum Gasteiger partial charge on any atom is 0.273 e. The molecule has 3 N–H and O–H groups in total. The minimum absolute atomic E-state index is 0.248. The van der Waals surface area contributed by atoms with Crippen LogP contribution in [-0.4, -0.2) is 28.7 Å². The number of thiocarbonyl (C=S) groups is 1. The minimum atomic E-state index is -1.63. The Balaban J connectivity index is 0.000000980. The molecule has 0 unspecified atom stereocenters. The van der Waals surface area contributed by atoms with Crippen molar-refractivity contribution in [2.75, 3.05) is 17.8 Å². The van der Waals surface area contributed by atoms with E-state index in [1.807, 2.05) is 0 Å². The molecule has 5 nitrogen and oxygen atoms in total. The molecule has 0 saturated heterocycles. The van der Waals surface area contributed by atoms with Gasteiger partial charge < -0.3 is 15.8 Å². The van der Waals surface area contributed by atoms with Crippen molar-refractivity contribution in [2.24, 2.45) is 5.73 Å². The number of carbonyl (C=O) groups excluding carboxylic acids is 2. The number of ketones is 1. The van der Waals surface area contributed by atoms with E-state index in [1.54, 1.807) is 0 Å². The van der Waals surface area contributed by atoms with Crippen molar-refractivity contribution in [2.45, 2.75) is 0 Å². The fourth-order valence-electron chi connectivity index (χ4n) is 0.953. The van der Waals surface area contributed by atoms with Crippen LogP contribution in [0.15, 0.2) is 12.1 Å². The number of amides is 1. The van der Waals surface area contributed by atoms with Crippen molar-refractivity contribution in [3.05, 3.63) is 29.6 Å². The lowest BCUT2D eigenvalue weighted by molar-refractivity contribution is -0.118. The number of Topliss-reactive ketones (excluding diaryl/α,β-unsaturated/α-hetero) is 1. The molecule has 0 heterocycles. The highest BCUT2D eigenvalue weighted by molar-refractivity contribution is 7.96. The summed E-state index contributed by atoms with van der Waals surface area (Å²) < 4.78 is 43.4. The first-order valence-corrected chi connectivity index (χ1v) is 6.71. The Labute approximate surface area is 139 Å². The van der Waals surface area contributed by atoms with E-state index in [2.05, 4.69) is 35.9 Å². The van der Waals surface area contributed by atoms with Gasteiger partial charge in [-0.05, 0) is 24.4 Å². The smallest absolute Gasteiger partial charge is 0.273 e. The third kappa shape index (κ3) is 8.05. The van der Waals surface area contributed by atoms with Gasteiger partial charge in [0.05, 0.1) is 11.6 Å². The molecule has 0 aliphatic heterocycles. The SMILES string of the molecule is NC(=O)S.O=C(CCl)COC(=S)Nc1ccc(F)c(F)c1F. The fourth-order valence-corrected chi connectivity index (χ4v) is 1.20. The summed E-state index contributed by atoms with van der Waals surface area (Å²) in [5.74, 6) is -5.04. The molecule has 0 fully saturated rings. The van der Waals surface area contributed by atoms with Crippen LogP contribution in [0.5, 0.6) is 0 Å². The summed E-state index contributed by atoms with van der Waals surface area (Å²) in [6.07, 6.45) is 0. The Morgan fingerprint density at radius 3 is 2.36 bits per heavy atom. The fraction of sp³-hybridized carbons (Fsp3) is 0.182. The molecule has 22 heavy (non-hydrogen) atoms. The van der Waals surface area contributed by atoms with E-state index in [4.69, 9.17) is 21.1 Å². The lowest BCUT2D eigenvalue weighted by Crippen LogP contribution is -2.20. The van der Waals surface area contributed by atoms with Crippen LogP contribution in [0.25, 0.3) is 0 Å². The number of ether oxygens (including phenoxy) is 1. The zero-order valence-corrected chi connectivity index (χ0v) is 13.2. The number of hydrogen-bond acceptors (Lipinski definition) is 4. The summed E-state index contributed by atoms with van der Waals surface area (Å²) in [5, 5.41) is 1.20. The first-order chi connectivity index (χ1) is 10.2. The van der Waals surface area contributed by atoms with E-state index < -0.39 is 34.2 Å². The van der Waals surface area contributed by atoms with Gasteiger partial charge in [-0.3, -0.25) is 9.59 Å². The number of halogens is 4. The number of thiol groups is 1. The van der Waals surface area contributed by atoms with Gasteiger partial charge in [-0.15, -0.1) is 11.6 Å². The quantitative estimate of drug-likeness (QED) is 0.327. The maximum atomic E-state index is 13.2. The van der Waals surface area contributed by atoms with Gasteiger partial charge in [0.25, 0.3) is 10.4 Å². The zero-order valence-electron chi connectivity index (χ0n) is 10.7. The molecule has 1 aromatic rings. The van der Waals surface area contributed by atoms with Crippen LogP contribution in [0.1, 0.15) is 0 Å². The van der Waals surface area contributed by atoms with Crippen LogP contribution >= 0.6 is 36.4 Å². The van der Waals surface area contributed by atoms with Crippen LogP contribution in [-0.2, 0) is 9.53 Å². The molecule has 11 heteroatoms. The molecule has 0 bridgehead atoms. The molecule has 0 atom stereocenters. The van der Waals surface area contributed by atoms with Gasteiger partial charge in [-0.2, -0.15) is 0 Å². The molecule has 0 aromatic heterocycles. The van der Waals surface area contributed by atoms with Crippen molar-refractivity contribution in [1.29, 1.82) is 0 Å². The van der Waals surface area contributed by atoms with Crippen LogP contribution in [0.3, 0.4) is 0 Å². The molecule has 0 radical (unpaired) electrons. The van der Waals surface area contributed by atoms with Crippen molar-refractivity contribution in [3.8, 4) is 0 Å². The van der Waals surface area contributed by atoms with Crippen LogP contribution < -0.4 is 11.1 Å². The number of nitrogens with two attached hydrogens (primary N) is 1. The summed E-state index contributed by atoms with van der Waals surface area (Å²) in [6.45, 7) is -0.388. The van der Waals surface area contributed by atoms with Gasteiger partial charge in [0.15, 0.2) is 29.8 Å². The number of rotatable bonds is 4. The molecule has 0 saturated carbocycles. The average Bonchev–Trinajstić information content (AvgIpc) is 2.44. The molecule has 1 rings (SSSR count). The van der Waals surface area contributed by atoms with Crippen molar-refractivity contribution in [3.63, 3.8) is 0 Å². The van der Waals surface area contributed by atoms with E-state index >= 15 is 0 Å². The normalized spacial score (nSPS) is 9.32. The first-order valence-electron chi connectivity index (χ1n) is 5.32. The van der Waals surface area contributed by atoms with Gasteiger partial charge in [0.2, 0.25) is 0 Å². The van der Waals surface area contributed by atoms with E-state index in [1.165, 1.54) is 0 Å². The molecule has 122 valence electrons. The first kappa shape index (κ1) is 20.5. The minimum Gasteiger partial charge on any atom is -0.463 e. The highest BCUT2D eigenvalue weighted by Gasteiger charge is 2.14. The van der Waals surface area contributed by atoms with Crippen molar-refractivity contribution in [1.82, 2.24) is 0 Å². The number of hydrogen-bond donors (Lipinski definition) is 3. The van der Waals surface area contributed by atoms with Crippen LogP contribution in [0.4, 0.5) is 23.7 Å². The number of primary amides is 1. The lowest BCUT2D eigenvalue weighted by atomic mass is 10.3. The molecule has 0 aliphatic rings. The Kier molecular flexibility index (Phi) is 9.54. The Morgan fingerprint density at radius 2 is 1.86 bits per heavy atom. The molecule has 0 spiro atoms. The van der Waals surface area contributed by atoms with E-state index in [0.717, 1.165) is 12.1 Å². The molecular weight excluding hydrogens is 365 g/mol. The molecule has 1 amide bonds. The van der Waals surface area contributed by atoms with Crippen molar-refractivity contribution < 1.29 is 27.5 Å². The Morgan fingerprint density at radius 1 is 1.32 bits per heavy atom. The largest absolute Gasteiger partial charge is 0.463 e. The van der Waals surface area contributed by atoms with Crippen LogP contribution in [0, 0.1) is 17.5 Å². The summed E-state index contributed by atoms with van der Waals surface area (Å²) >= 11 is 12.9. The van der Waals surface area contributed by atoms with E-state index in [0.29, 0.717) is 0 Å². The second kappa shape index (κ2) is 10.2. The topological polar surface area (TPSA) is 81.4 Å². The molecular formula is C11H10ClF3N2O3S2.